The van der Waals surface area contributed by atoms with Crippen LogP contribution < -0.4 is 0 Å². The number of ether oxygens (including phenoxy) is 4. The molecule has 0 aromatic carbocycles. The molecule has 0 radical (unpaired) electrons. The van der Waals surface area contributed by atoms with Gasteiger partial charge in [-0.25, -0.2) is 0 Å². The molecule has 12 heteroatoms. The molecule has 2 saturated heterocycles. The minimum atomic E-state index is -1.70. The van der Waals surface area contributed by atoms with E-state index in [1.54, 1.807) is 0 Å². The van der Waals surface area contributed by atoms with E-state index in [1.807, 2.05) is 0 Å². The Balaban J connectivity index is 2.09. The molecule has 0 saturated carbocycles. The first kappa shape index (κ1) is 22.2. The van der Waals surface area contributed by atoms with E-state index >= 15 is 0 Å². The van der Waals surface area contributed by atoms with Crippen LogP contribution >= 0.6 is 12.6 Å². The summed E-state index contributed by atoms with van der Waals surface area (Å²) < 4.78 is 21.2. The van der Waals surface area contributed by atoms with Gasteiger partial charge in [0, 0.05) is 5.75 Å². The average molecular weight is 402 g/mol. The Morgan fingerprint density at radius 3 is 1.88 bits per heavy atom. The SMILES string of the molecule is OCC1O[C@@H](O[C@@H]2C(CO)O[C@@H](OCCS)C(O)[C@H]2O)[C@@H](O)C(O)[C@@H]1O. The minimum absolute atomic E-state index is 0.133. The van der Waals surface area contributed by atoms with Crippen molar-refractivity contribution in [3.63, 3.8) is 0 Å². The fourth-order valence-corrected chi connectivity index (χ4v) is 2.97. The summed E-state index contributed by atoms with van der Waals surface area (Å²) in [5.41, 5.74) is 0. The van der Waals surface area contributed by atoms with Crippen LogP contribution in [0.4, 0.5) is 0 Å². The first-order valence-electron chi connectivity index (χ1n) is 8.16. The van der Waals surface area contributed by atoms with Crippen molar-refractivity contribution in [2.75, 3.05) is 25.6 Å². The summed E-state index contributed by atoms with van der Waals surface area (Å²) in [4.78, 5) is 0. The summed E-state index contributed by atoms with van der Waals surface area (Å²) in [6, 6.07) is 0. The van der Waals surface area contributed by atoms with Crippen LogP contribution in [0.5, 0.6) is 0 Å². The molecule has 2 aliphatic rings. The third-order valence-corrected chi connectivity index (χ3v) is 4.52. The van der Waals surface area contributed by atoms with Crippen LogP contribution in [0.3, 0.4) is 0 Å². The molecular formula is C14H26O11S. The Morgan fingerprint density at radius 1 is 0.731 bits per heavy atom. The van der Waals surface area contributed by atoms with Crippen LogP contribution in [-0.4, -0.2) is 123 Å². The lowest BCUT2D eigenvalue weighted by molar-refractivity contribution is -0.359. The highest BCUT2D eigenvalue weighted by Crippen LogP contribution is 2.29. The van der Waals surface area contributed by atoms with Crippen molar-refractivity contribution in [1.29, 1.82) is 0 Å². The molecular weight excluding hydrogens is 376 g/mol. The fraction of sp³-hybridized carbons (Fsp3) is 1.00. The van der Waals surface area contributed by atoms with Gasteiger partial charge < -0.3 is 54.7 Å². The highest BCUT2D eigenvalue weighted by atomic mass is 32.1. The van der Waals surface area contributed by atoms with Crippen LogP contribution in [0.25, 0.3) is 0 Å². The number of rotatable bonds is 7. The molecule has 0 aliphatic carbocycles. The number of aliphatic hydroxyl groups excluding tert-OH is 7. The highest BCUT2D eigenvalue weighted by molar-refractivity contribution is 7.80. The molecule has 2 fully saturated rings. The molecule has 0 spiro atoms. The van der Waals surface area contributed by atoms with Gasteiger partial charge in [0.2, 0.25) is 0 Å². The second-order valence-electron chi connectivity index (χ2n) is 6.10. The molecule has 2 heterocycles. The molecule has 11 nitrogen and oxygen atoms in total. The molecule has 0 aromatic heterocycles. The van der Waals surface area contributed by atoms with Gasteiger partial charge in [0.1, 0.15) is 48.8 Å². The van der Waals surface area contributed by atoms with Crippen LogP contribution in [0.15, 0.2) is 0 Å². The standard InChI is InChI=1S/C14H26O11S/c15-3-5-7(17)8(18)10(20)14(23-5)25-12-6(4-16)24-13(22-1-2-26)11(21)9(12)19/h5-21,26H,1-4H2/t5?,6?,7-,8?,9-,10+,11?,12-,13-,14+/m1/s1. The zero-order valence-corrected chi connectivity index (χ0v) is 14.7. The summed E-state index contributed by atoms with van der Waals surface area (Å²) in [5, 5.41) is 68.7. The minimum Gasteiger partial charge on any atom is -0.394 e. The van der Waals surface area contributed by atoms with Gasteiger partial charge in [-0.15, -0.1) is 0 Å². The van der Waals surface area contributed by atoms with Gasteiger partial charge in [0.15, 0.2) is 12.6 Å². The average Bonchev–Trinajstić information content (AvgIpc) is 2.64. The molecule has 10 atom stereocenters. The summed E-state index contributed by atoms with van der Waals surface area (Å²) >= 11 is 3.96. The first-order valence-corrected chi connectivity index (χ1v) is 8.79. The second-order valence-corrected chi connectivity index (χ2v) is 6.55. The summed E-state index contributed by atoms with van der Waals surface area (Å²) in [6.07, 6.45) is -14.5. The monoisotopic (exact) mass is 402 g/mol. The number of thiol groups is 1. The highest BCUT2D eigenvalue weighted by Gasteiger charge is 2.50. The van der Waals surface area contributed by atoms with Crippen molar-refractivity contribution in [2.24, 2.45) is 0 Å². The normalized spacial score (nSPS) is 47.1. The third-order valence-electron chi connectivity index (χ3n) is 4.33. The van der Waals surface area contributed by atoms with Gasteiger partial charge >= 0.3 is 0 Å². The van der Waals surface area contributed by atoms with E-state index in [0.717, 1.165) is 0 Å². The van der Waals surface area contributed by atoms with Crippen molar-refractivity contribution in [3.05, 3.63) is 0 Å². The van der Waals surface area contributed by atoms with Gasteiger partial charge in [-0.1, -0.05) is 0 Å². The maximum absolute atomic E-state index is 10.3. The molecule has 0 amide bonds. The van der Waals surface area contributed by atoms with Gasteiger partial charge in [-0.05, 0) is 0 Å². The van der Waals surface area contributed by atoms with Gasteiger partial charge in [-0.3, -0.25) is 0 Å². The topological polar surface area (TPSA) is 179 Å². The van der Waals surface area contributed by atoms with Crippen molar-refractivity contribution < 1.29 is 54.7 Å². The zero-order valence-electron chi connectivity index (χ0n) is 13.8. The third kappa shape index (κ3) is 4.66. The summed E-state index contributed by atoms with van der Waals surface area (Å²) in [7, 11) is 0. The largest absolute Gasteiger partial charge is 0.394 e. The smallest absolute Gasteiger partial charge is 0.187 e. The van der Waals surface area contributed by atoms with E-state index in [0.29, 0.717) is 5.75 Å². The van der Waals surface area contributed by atoms with E-state index in [9.17, 15) is 35.7 Å². The molecule has 4 unspecified atom stereocenters. The molecule has 2 rings (SSSR count). The van der Waals surface area contributed by atoms with Crippen molar-refractivity contribution >= 4 is 12.6 Å². The molecule has 154 valence electrons. The van der Waals surface area contributed by atoms with Crippen LogP contribution in [0.1, 0.15) is 0 Å². The molecule has 2 aliphatic heterocycles. The van der Waals surface area contributed by atoms with Gasteiger partial charge in [0.05, 0.1) is 19.8 Å². The Morgan fingerprint density at radius 2 is 1.31 bits per heavy atom. The van der Waals surface area contributed by atoms with Crippen LogP contribution in [0, 0.1) is 0 Å². The molecule has 7 N–H and O–H groups in total. The van der Waals surface area contributed by atoms with Crippen molar-refractivity contribution in [2.45, 2.75) is 61.4 Å². The molecule has 26 heavy (non-hydrogen) atoms. The quantitative estimate of drug-likeness (QED) is 0.193. The lowest BCUT2D eigenvalue weighted by atomic mass is 9.97. The van der Waals surface area contributed by atoms with E-state index in [-0.39, 0.29) is 6.61 Å². The Kier molecular flexibility index (Phi) is 8.46. The molecule has 0 bridgehead atoms. The number of hydrogen-bond donors (Lipinski definition) is 8. The van der Waals surface area contributed by atoms with E-state index < -0.39 is 74.6 Å². The maximum atomic E-state index is 10.3. The van der Waals surface area contributed by atoms with Gasteiger partial charge in [0.25, 0.3) is 0 Å². The van der Waals surface area contributed by atoms with Crippen molar-refractivity contribution in [1.82, 2.24) is 0 Å². The fourth-order valence-electron chi connectivity index (χ4n) is 2.86. The van der Waals surface area contributed by atoms with Gasteiger partial charge in [-0.2, -0.15) is 12.6 Å². The predicted octanol–water partition coefficient (Wildman–Crippen LogP) is -4.44. The van der Waals surface area contributed by atoms with E-state index in [4.69, 9.17) is 18.9 Å². The van der Waals surface area contributed by atoms with Crippen LogP contribution in [0.2, 0.25) is 0 Å². The zero-order chi connectivity index (χ0) is 19.4. The van der Waals surface area contributed by atoms with E-state index in [1.165, 1.54) is 0 Å². The number of hydrogen-bond acceptors (Lipinski definition) is 12. The summed E-state index contributed by atoms with van der Waals surface area (Å²) in [6.45, 7) is -1.12. The Bertz CT molecular complexity index is 426. The Hall–Kier alpha value is -0.0900. The summed E-state index contributed by atoms with van der Waals surface area (Å²) in [5.74, 6) is 0.345. The van der Waals surface area contributed by atoms with Crippen LogP contribution in [-0.2, 0) is 18.9 Å². The lowest BCUT2D eigenvalue weighted by Gasteiger charge is -2.45. The van der Waals surface area contributed by atoms with Crippen molar-refractivity contribution in [3.8, 4) is 0 Å². The Labute approximate surface area is 155 Å². The second kappa shape index (κ2) is 9.91. The number of aliphatic hydroxyl groups is 7. The van der Waals surface area contributed by atoms with E-state index in [2.05, 4.69) is 12.6 Å². The molecule has 0 aromatic rings. The first-order chi connectivity index (χ1) is 12.3. The predicted molar refractivity (Wildman–Crippen MR) is 86.2 cm³/mol. The lowest BCUT2D eigenvalue weighted by Crippen LogP contribution is -2.64. The maximum Gasteiger partial charge on any atom is 0.187 e.